The molecule has 126 valence electrons. The lowest BCUT2D eigenvalue weighted by molar-refractivity contribution is -0.117. The average molecular weight is 318 g/mol. The second-order valence-electron chi connectivity index (χ2n) is 6.41. The van der Waals surface area contributed by atoms with Crippen LogP contribution in [-0.2, 0) is 4.79 Å². The van der Waals surface area contributed by atoms with Crippen LogP contribution >= 0.6 is 0 Å². The van der Waals surface area contributed by atoms with Gasteiger partial charge >= 0.3 is 6.03 Å². The fourth-order valence-electron chi connectivity index (χ4n) is 2.88. The van der Waals surface area contributed by atoms with E-state index in [1.54, 1.807) is 12.1 Å². The molecule has 1 aromatic rings. The second-order valence-corrected chi connectivity index (χ2v) is 6.41. The molecule has 6 heteroatoms. The Morgan fingerprint density at radius 1 is 1.17 bits per heavy atom. The number of benzene rings is 1. The van der Waals surface area contributed by atoms with Crippen LogP contribution in [0.5, 0.6) is 0 Å². The van der Waals surface area contributed by atoms with Crippen LogP contribution in [0.25, 0.3) is 0 Å². The Hall–Kier alpha value is -2.08. The monoisotopic (exact) mass is 318 g/mol. The van der Waals surface area contributed by atoms with Crippen molar-refractivity contribution in [3.05, 3.63) is 24.3 Å². The van der Waals surface area contributed by atoms with Crippen LogP contribution in [0.3, 0.4) is 0 Å². The molecule has 0 heterocycles. The average Bonchev–Trinajstić information content (AvgIpc) is 2.85. The molecular weight excluding hydrogens is 292 g/mol. The van der Waals surface area contributed by atoms with E-state index in [1.165, 1.54) is 0 Å². The van der Waals surface area contributed by atoms with Crippen molar-refractivity contribution >= 4 is 23.3 Å². The van der Waals surface area contributed by atoms with Gasteiger partial charge in [-0.05, 0) is 44.7 Å². The van der Waals surface area contributed by atoms with Gasteiger partial charge in [0, 0.05) is 18.5 Å². The zero-order valence-electron chi connectivity index (χ0n) is 13.8. The first-order valence-corrected chi connectivity index (χ1v) is 8.17. The molecule has 0 aromatic heterocycles. The highest BCUT2D eigenvalue weighted by molar-refractivity contribution is 5.99. The minimum absolute atomic E-state index is 0.0422. The predicted molar refractivity (Wildman–Crippen MR) is 92.3 cm³/mol. The van der Waals surface area contributed by atoms with Crippen LogP contribution in [0, 0.1) is 5.92 Å². The quantitative estimate of drug-likeness (QED) is 0.672. The Morgan fingerprint density at radius 2 is 1.83 bits per heavy atom. The molecule has 0 saturated heterocycles. The molecule has 0 bridgehead atoms. The molecule has 0 radical (unpaired) electrons. The number of carbonyl (C=O) groups is 2. The molecule has 3 amide bonds. The predicted octanol–water partition coefficient (Wildman–Crippen LogP) is 2.67. The van der Waals surface area contributed by atoms with Crippen LogP contribution in [0.2, 0.25) is 0 Å². The lowest BCUT2D eigenvalue weighted by Crippen LogP contribution is -2.34. The van der Waals surface area contributed by atoms with Crippen molar-refractivity contribution in [1.82, 2.24) is 5.32 Å². The van der Waals surface area contributed by atoms with Crippen molar-refractivity contribution in [2.45, 2.75) is 51.6 Å². The topological polar surface area (TPSA) is 96.2 Å². The van der Waals surface area contributed by atoms with E-state index in [0.29, 0.717) is 17.8 Å². The van der Waals surface area contributed by atoms with E-state index in [2.05, 4.69) is 16.0 Å². The molecule has 1 aliphatic carbocycles. The molecule has 6 nitrogen and oxygen atoms in total. The molecule has 1 fully saturated rings. The van der Waals surface area contributed by atoms with E-state index in [9.17, 15) is 9.59 Å². The van der Waals surface area contributed by atoms with E-state index in [1.807, 2.05) is 26.0 Å². The molecule has 5 N–H and O–H groups in total. The van der Waals surface area contributed by atoms with Gasteiger partial charge in [0.05, 0.1) is 11.4 Å². The highest BCUT2D eigenvalue weighted by atomic mass is 16.2. The molecule has 0 aliphatic heterocycles. The van der Waals surface area contributed by atoms with Gasteiger partial charge in [0.2, 0.25) is 5.91 Å². The van der Waals surface area contributed by atoms with E-state index < -0.39 is 0 Å². The molecular formula is C17H26N4O2. The third-order valence-corrected chi connectivity index (χ3v) is 4.03. The molecule has 23 heavy (non-hydrogen) atoms. The zero-order valence-corrected chi connectivity index (χ0v) is 13.8. The molecule has 1 saturated carbocycles. The summed E-state index contributed by atoms with van der Waals surface area (Å²) in [5.74, 6) is 0.185. The van der Waals surface area contributed by atoms with Gasteiger partial charge in [-0.3, -0.25) is 4.79 Å². The van der Waals surface area contributed by atoms with Crippen molar-refractivity contribution in [2.24, 2.45) is 11.7 Å². The van der Waals surface area contributed by atoms with Crippen molar-refractivity contribution in [2.75, 3.05) is 10.6 Å². The van der Waals surface area contributed by atoms with Crippen molar-refractivity contribution in [3.63, 3.8) is 0 Å². The number of hydrogen-bond acceptors (Lipinski definition) is 3. The largest absolute Gasteiger partial charge is 0.336 e. The Balaban J connectivity index is 1.96. The minimum Gasteiger partial charge on any atom is -0.336 e. The maximum atomic E-state index is 12.2. The number of carbonyl (C=O) groups excluding carboxylic acids is 2. The van der Waals surface area contributed by atoms with Gasteiger partial charge in [0.25, 0.3) is 0 Å². The van der Waals surface area contributed by atoms with Gasteiger partial charge in [-0.2, -0.15) is 0 Å². The third kappa shape index (κ3) is 5.25. The Bertz CT molecular complexity index is 559. The first-order valence-electron chi connectivity index (χ1n) is 8.17. The highest BCUT2D eigenvalue weighted by Gasteiger charge is 2.26. The van der Waals surface area contributed by atoms with Gasteiger partial charge in [-0.15, -0.1) is 0 Å². The lowest BCUT2D eigenvalue weighted by atomic mass is 10.00. The summed E-state index contributed by atoms with van der Waals surface area (Å²) in [6.07, 6.45) is 3.51. The van der Waals surface area contributed by atoms with Crippen LogP contribution in [0.1, 0.15) is 39.5 Å². The lowest BCUT2D eigenvalue weighted by Gasteiger charge is -2.17. The van der Waals surface area contributed by atoms with E-state index in [0.717, 1.165) is 19.3 Å². The maximum absolute atomic E-state index is 12.2. The summed E-state index contributed by atoms with van der Waals surface area (Å²) >= 11 is 0. The van der Waals surface area contributed by atoms with Crippen LogP contribution < -0.4 is 21.7 Å². The summed E-state index contributed by atoms with van der Waals surface area (Å²) in [6, 6.07) is 7.04. The fraction of sp³-hybridized carbons (Fsp3) is 0.529. The molecule has 2 atom stereocenters. The van der Waals surface area contributed by atoms with Gasteiger partial charge in [0.15, 0.2) is 0 Å². The number of nitrogens with two attached hydrogens (primary N) is 1. The molecule has 0 spiro atoms. The van der Waals surface area contributed by atoms with Crippen molar-refractivity contribution in [3.8, 4) is 0 Å². The smallest absolute Gasteiger partial charge is 0.319 e. The Kier molecular flexibility index (Phi) is 5.98. The first kappa shape index (κ1) is 17.3. The number of rotatable bonds is 5. The normalized spacial score (nSPS) is 20.3. The van der Waals surface area contributed by atoms with Crippen molar-refractivity contribution < 1.29 is 9.59 Å². The van der Waals surface area contributed by atoms with Gasteiger partial charge in [-0.25, -0.2) is 4.79 Å². The Labute approximate surface area is 137 Å². The van der Waals surface area contributed by atoms with Gasteiger partial charge in [0.1, 0.15) is 0 Å². The summed E-state index contributed by atoms with van der Waals surface area (Å²) < 4.78 is 0. The number of nitrogens with one attached hydrogen (secondary N) is 3. The SMILES string of the molecule is CC(C)NC(=O)Nc1ccccc1NC(=O)C[C@@H]1CCC[C@H]1N. The third-order valence-electron chi connectivity index (χ3n) is 4.03. The van der Waals surface area contributed by atoms with Gasteiger partial charge < -0.3 is 21.7 Å². The highest BCUT2D eigenvalue weighted by Crippen LogP contribution is 2.28. The van der Waals surface area contributed by atoms with Crippen LogP contribution in [-0.4, -0.2) is 24.0 Å². The minimum atomic E-state index is -0.292. The maximum Gasteiger partial charge on any atom is 0.319 e. The summed E-state index contributed by atoms with van der Waals surface area (Å²) in [4.78, 5) is 24.1. The van der Waals surface area contributed by atoms with Crippen LogP contribution in [0.15, 0.2) is 24.3 Å². The number of para-hydroxylation sites is 2. The van der Waals surface area contributed by atoms with E-state index >= 15 is 0 Å². The summed E-state index contributed by atoms with van der Waals surface area (Å²) in [6.45, 7) is 3.77. The summed E-state index contributed by atoms with van der Waals surface area (Å²) in [5, 5.41) is 8.40. The second kappa shape index (κ2) is 7.97. The molecule has 0 unspecified atom stereocenters. The fourth-order valence-corrected chi connectivity index (χ4v) is 2.88. The number of anilines is 2. The van der Waals surface area contributed by atoms with E-state index in [-0.39, 0.29) is 29.9 Å². The summed E-state index contributed by atoms with van der Waals surface area (Å²) in [5.41, 5.74) is 7.20. The summed E-state index contributed by atoms with van der Waals surface area (Å²) in [7, 11) is 0. The Morgan fingerprint density at radius 3 is 2.39 bits per heavy atom. The van der Waals surface area contributed by atoms with Crippen LogP contribution in [0.4, 0.5) is 16.2 Å². The van der Waals surface area contributed by atoms with Crippen molar-refractivity contribution in [1.29, 1.82) is 0 Å². The zero-order chi connectivity index (χ0) is 16.8. The number of urea groups is 1. The number of amides is 3. The molecule has 1 aliphatic rings. The molecule has 2 rings (SSSR count). The number of hydrogen-bond donors (Lipinski definition) is 4. The molecule has 1 aromatic carbocycles. The first-order chi connectivity index (χ1) is 11.0. The van der Waals surface area contributed by atoms with E-state index in [4.69, 9.17) is 5.73 Å². The standard InChI is InChI=1S/C17H26N4O2/c1-11(2)19-17(23)21-15-9-4-3-8-14(15)20-16(22)10-12-6-5-7-13(12)18/h3-4,8-9,11-13H,5-7,10,18H2,1-2H3,(H,20,22)(H2,19,21,23)/t12-,13+/m0/s1. The van der Waals surface area contributed by atoms with Gasteiger partial charge in [-0.1, -0.05) is 18.6 Å².